The fraction of sp³-hybridized carbons (Fsp3) is 0.318. The van der Waals surface area contributed by atoms with Crippen molar-refractivity contribution in [2.45, 2.75) is 39.5 Å². The van der Waals surface area contributed by atoms with Gasteiger partial charge in [0.15, 0.2) is 0 Å². The summed E-state index contributed by atoms with van der Waals surface area (Å²) in [4.78, 5) is 25.7. The van der Waals surface area contributed by atoms with E-state index in [1.807, 2.05) is 38.1 Å². The molecule has 0 aromatic heterocycles. The van der Waals surface area contributed by atoms with Gasteiger partial charge in [-0.1, -0.05) is 38.1 Å². The lowest BCUT2D eigenvalue weighted by Gasteiger charge is -2.19. The lowest BCUT2D eigenvalue weighted by Crippen LogP contribution is -2.36. The van der Waals surface area contributed by atoms with Crippen molar-refractivity contribution < 1.29 is 9.59 Å². The van der Waals surface area contributed by atoms with E-state index in [4.69, 9.17) is 5.26 Å². The highest BCUT2D eigenvalue weighted by Crippen LogP contribution is 2.48. The first-order valence-corrected chi connectivity index (χ1v) is 9.28. The van der Waals surface area contributed by atoms with Gasteiger partial charge >= 0.3 is 0 Å². The Morgan fingerprint density at radius 1 is 1.00 bits per heavy atom. The number of aryl methyl sites for hydroxylation is 2. The van der Waals surface area contributed by atoms with Crippen molar-refractivity contribution in [3.05, 3.63) is 59.2 Å². The Morgan fingerprint density at radius 3 is 2.15 bits per heavy atom. The molecule has 0 bridgehead atoms. The molecule has 0 atom stereocenters. The average molecular weight is 361 g/mol. The predicted octanol–water partition coefficient (Wildman–Crippen LogP) is 4.04. The molecule has 0 unspecified atom stereocenters. The van der Waals surface area contributed by atoms with E-state index in [2.05, 4.69) is 10.6 Å². The molecule has 3 rings (SSSR count). The molecular formula is C22H23N3O2. The van der Waals surface area contributed by atoms with E-state index < -0.39 is 5.41 Å². The van der Waals surface area contributed by atoms with Crippen molar-refractivity contribution in [2.24, 2.45) is 5.41 Å². The van der Waals surface area contributed by atoms with Crippen molar-refractivity contribution in [3.8, 4) is 6.07 Å². The molecule has 0 spiro atoms. The Hall–Kier alpha value is -3.13. The van der Waals surface area contributed by atoms with E-state index in [1.165, 1.54) is 0 Å². The first kappa shape index (κ1) is 18.7. The third-order valence-electron chi connectivity index (χ3n) is 5.11. The van der Waals surface area contributed by atoms with Crippen LogP contribution < -0.4 is 10.6 Å². The van der Waals surface area contributed by atoms with Crippen LogP contribution >= 0.6 is 0 Å². The van der Waals surface area contributed by atoms with E-state index in [0.29, 0.717) is 24.1 Å². The summed E-state index contributed by atoms with van der Waals surface area (Å²) < 4.78 is 0. The fourth-order valence-corrected chi connectivity index (χ4v) is 3.24. The number of para-hydroxylation sites is 1. The highest BCUT2D eigenvalue weighted by molar-refractivity contribution is 6.17. The highest BCUT2D eigenvalue weighted by Gasteiger charge is 2.56. The molecule has 0 saturated heterocycles. The van der Waals surface area contributed by atoms with E-state index in [0.717, 1.165) is 29.7 Å². The average Bonchev–Trinajstić information content (AvgIpc) is 3.50. The predicted molar refractivity (Wildman–Crippen MR) is 105 cm³/mol. The van der Waals surface area contributed by atoms with Crippen LogP contribution in [0.15, 0.2) is 42.5 Å². The molecule has 5 heteroatoms. The zero-order valence-corrected chi connectivity index (χ0v) is 15.6. The summed E-state index contributed by atoms with van der Waals surface area (Å²) in [5, 5.41) is 14.8. The molecule has 1 aliphatic rings. The van der Waals surface area contributed by atoms with Crippen LogP contribution in [-0.2, 0) is 22.4 Å². The summed E-state index contributed by atoms with van der Waals surface area (Å²) in [5.74, 6) is -0.575. The Labute approximate surface area is 159 Å². The second-order valence-electron chi connectivity index (χ2n) is 6.84. The van der Waals surface area contributed by atoms with E-state index >= 15 is 0 Å². The van der Waals surface area contributed by atoms with Gasteiger partial charge in [0.1, 0.15) is 5.41 Å². The Morgan fingerprint density at radius 2 is 1.59 bits per heavy atom. The van der Waals surface area contributed by atoms with Crippen molar-refractivity contribution in [1.29, 1.82) is 5.26 Å². The molecule has 1 saturated carbocycles. The van der Waals surface area contributed by atoms with Crippen LogP contribution in [0.4, 0.5) is 11.4 Å². The molecule has 1 fully saturated rings. The number of carbonyl (C=O) groups is 2. The maximum absolute atomic E-state index is 13.0. The summed E-state index contributed by atoms with van der Waals surface area (Å²) in [5.41, 5.74) is 2.93. The maximum atomic E-state index is 13.0. The third-order valence-corrected chi connectivity index (χ3v) is 5.11. The second kappa shape index (κ2) is 7.63. The quantitative estimate of drug-likeness (QED) is 0.762. The zero-order valence-electron chi connectivity index (χ0n) is 15.6. The molecule has 0 heterocycles. The number of benzene rings is 2. The molecule has 1 aliphatic carbocycles. The molecule has 2 aromatic carbocycles. The number of nitrogens with one attached hydrogen (secondary N) is 2. The Kier molecular flexibility index (Phi) is 5.27. The molecule has 2 aromatic rings. The normalized spacial score (nSPS) is 14.1. The van der Waals surface area contributed by atoms with Gasteiger partial charge in [0, 0.05) is 11.4 Å². The largest absolute Gasteiger partial charge is 0.325 e. The first-order valence-electron chi connectivity index (χ1n) is 9.28. The number of anilines is 2. The van der Waals surface area contributed by atoms with E-state index in [9.17, 15) is 9.59 Å². The monoisotopic (exact) mass is 361 g/mol. The SMILES string of the molecule is CCc1cccc(CC)c1NC(=O)C1(C(=O)Nc2cccc(C#N)c2)CC1. The van der Waals surface area contributed by atoms with Crippen LogP contribution in [-0.4, -0.2) is 11.8 Å². The van der Waals surface area contributed by atoms with Gasteiger partial charge in [-0.05, 0) is 55.0 Å². The number of hydrogen-bond acceptors (Lipinski definition) is 3. The van der Waals surface area contributed by atoms with Crippen LogP contribution in [0.1, 0.15) is 43.4 Å². The number of hydrogen-bond donors (Lipinski definition) is 2. The Balaban J connectivity index is 1.79. The summed E-state index contributed by atoms with van der Waals surface area (Å²) in [6.07, 6.45) is 2.67. The third kappa shape index (κ3) is 3.70. The van der Waals surface area contributed by atoms with Gasteiger partial charge in [-0.25, -0.2) is 0 Å². The summed E-state index contributed by atoms with van der Waals surface area (Å²) in [7, 11) is 0. The van der Waals surface area contributed by atoms with Crippen LogP contribution in [0.25, 0.3) is 0 Å². The summed E-state index contributed by atoms with van der Waals surface area (Å²) >= 11 is 0. The molecule has 5 nitrogen and oxygen atoms in total. The number of nitrogens with zero attached hydrogens (tertiary/aromatic N) is 1. The van der Waals surface area contributed by atoms with Crippen LogP contribution in [0.5, 0.6) is 0 Å². The van der Waals surface area contributed by atoms with Crippen molar-refractivity contribution >= 4 is 23.2 Å². The number of carbonyl (C=O) groups excluding carboxylic acids is 2. The minimum atomic E-state index is -1.03. The van der Waals surface area contributed by atoms with Gasteiger partial charge in [-0.2, -0.15) is 5.26 Å². The van der Waals surface area contributed by atoms with Gasteiger partial charge in [-0.3, -0.25) is 9.59 Å². The van der Waals surface area contributed by atoms with Crippen LogP contribution in [0.3, 0.4) is 0 Å². The van der Waals surface area contributed by atoms with Crippen LogP contribution in [0.2, 0.25) is 0 Å². The molecule has 2 N–H and O–H groups in total. The van der Waals surface area contributed by atoms with Gasteiger partial charge in [0.25, 0.3) is 0 Å². The van der Waals surface area contributed by atoms with Crippen molar-refractivity contribution in [1.82, 2.24) is 0 Å². The minimum absolute atomic E-state index is 0.257. The molecule has 0 radical (unpaired) electrons. The van der Waals surface area contributed by atoms with Gasteiger partial charge in [-0.15, -0.1) is 0 Å². The number of amides is 2. The van der Waals surface area contributed by atoms with Gasteiger partial charge in [0.2, 0.25) is 11.8 Å². The van der Waals surface area contributed by atoms with E-state index in [-0.39, 0.29) is 11.8 Å². The number of rotatable bonds is 6. The summed E-state index contributed by atoms with van der Waals surface area (Å²) in [6, 6.07) is 14.7. The highest BCUT2D eigenvalue weighted by atomic mass is 16.2. The maximum Gasteiger partial charge on any atom is 0.240 e. The minimum Gasteiger partial charge on any atom is -0.325 e. The lowest BCUT2D eigenvalue weighted by atomic mass is 10.0. The smallest absolute Gasteiger partial charge is 0.240 e. The molecule has 27 heavy (non-hydrogen) atoms. The number of nitriles is 1. The van der Waals surface area contributed by atoms with Crippen molar-refractivity contribution in [3.63, 3.8) is 0 Å². The van der Waals surface area contributed by atoms with E-state index in [1.54, 1.807) is 24.3 Å². The molecule has 0 aliphatic heterocycles. The first-order chi connectivity index (χ1) is 13.0. The van der Waals surface area contributed by atoms with Crippen LogP contribution in [0, 0.1) is 16.7 Å². The molecular weight excluding hydrogens is 338 g/mol. The summed E-state index contributed by atoms with van der Waals surface area (Å²) in [6.45, 7) is 4.10. The zero-order chi connectivity index (χ0) is 19.4. The van der Waals surface area contributed by atoms with Gasteiger partial charge < -0.3 is 10.6 Å². The van der Waals surface area contributed by atoms with Crippen molar-refractivity contribution in [2.75, 3.05) is 10.6 Å². The topological polar surface area (TPSA) is 82.0 Å². The fourth-order valence-electron chi connectivity index (χ4n) is 3.24. The molecule has 2 amide bonds. The standard InChI is InChI=1S/C22H23N3O2/c1-3-16-8-6-9-17(4-2)19(16)25-21(27)22(11-12-22)20(26)24-18-10-5-7-15(13-18)14-23/h5-10,13H,3-4,11-12H2,1-2H3,(H,24,26)(H,25,27). The van der Waals surface area contributed by atoms with Gasteiger partial charge in [0.05, 0.1) is 11.6 Å². The Bertz CT molecular complexity index is 901. The second-order valence-corrected chi connectivity index (χ2v) is 6.84. The lowest BCUT2D eigenvalue weighted by molar-refractivity contribution is -0.131. The molecule has 138 valence electrons.